The molecule has 0 aliphatic heterocycles. The van der Waals surface area contributed by atoms with Crippen LogP contribution in [0.3, 0.4) is 0 Å². The van der Waals surface area contributed by atoms with Gasteiger partial charge in [-0.1, -0.05) is 54.6 Å². The molecule has 0 saturated heterocycles. The minimum absolute atomic E-state index is 0.150. The quantitative estimate of drug-likeness (QED) is 0.311. The number of hydrogen-bond donors (Lipinski definition) is 0. The summed E-state index contributed by atoms with van der Waals surface area (Å²) in [7, 11) is 0. The summed E-state index contributed by atoms with van der Waals surface area (Å²) in [5.41, 5.74) is 3.89. The predicted octanol–water partition coefficient (Wildman–Crippen LogP) is 6.04. The van der Waals surface area contributed by atoms with Crippen molar-refractivity contribution in [3.8, 4) is 16.3 Å². The molecule has 0 aliphatic rings. The first-order valence-electron chi connectivity index (χ1n) is 10.3. The number of amides is 1. The van der Waals surface area contributed by atoms with Crippen molar-refractivity contribution in [3.63, 3.8) is 0 Å². The zero-order chi connectivity index (χ0) is 21.8. The number of furan rings is 1. The van der Waals surface area contributed by atoms with Crippen LogP contribution in [-0.2, 0) is 13.1 Å². The van der Waals surface area contributed by atoms with Gasteiger partial charge in [-0.2, -0.15) is 5.10 Å². The van der Waals surface area contributed by atoms with Crippen LogP contribution < -0.4 is 0 Å². The van der Waals surface area contributed by atoms with Gasteiger partial charge in [-0.15, -0.1) is 11.3 Å². The van der Waals surface area contributed by atoms with Crippen molar-refractivity contribution >= 4 is 17.2 Å². The van der Waals surface area contributed by atoms with Gasteiger partial charge >= 0.3 is 0 Å². The molecule has 5 nitrogen and oxygen atoms in total. The Morgan fingerprint density at radius 1 is 0.906 bits per heavy atom. The number of carbonyl (C=O) groups is 1. The van der Waals surface area contributed by atoms with Gasteiger partial charge in [-0.25, -0.2) is 4.68 Å². The molecule has 0 aliphatic carbocycles. The van der Waals surface area contributed by atoms with E-state index < -0.39 is 0 Å². The Morgan fingerprint density at radius 3 is 2.38 bits per heavy atom. The first-order chi connectivity index (χ1) is 15.8. The van der Waals surface area contributed by atoms with Gasteiger partial charge < -0.3 is 9.32 Å². The van der Waals surface area contributed by atoms with E-state index in [9.17, 15) is 4.79 Å². The first kappa shape index (κ1) is 20.0. The fraction of sp³-hybridized carbons (Fsp3) is 0.0769. The average molecular weight is 440 g/mol. The van der Waals surface area contributed by atoms with Crippen molar-refractivity contribution in [2.24, 2.45) is 0 Å². The fourth-order valence-electron chi connectivity index (χ4n) is 3.62. The largest absolute Gasteiger partial charge is 0.459 e. The summed E-state index contributed by atoms with van der Waals surface area (Å²) < 4.78 is 7.30. The van der Waals surface area contributed by atoms with Gasteiger partial charge in [0.1, 0.15) is 5.69 Å². The topological polar surface area (TPSA) is 51.3 Å². The van der Waals surface area contributed by atoms with Crippen LogP contribution in [-0.4, -0.2) is 20.6 Å². The van der Waals surface area contributed by atoms with E-state index in [-0.39, 0.29) is 5.91 Å². The van der Waals surface area contributed by atoms with Crippen LogP contribution in [0.1, 0.15) is 21.7 Å². The lowest BCUT2D eigenvalue weighted by Gasteiger charge is -2.22. The highest BCUT2D eigenvalue weighted by Gasteiger charge is 2.22. The van der Waals surface area contributed by atoms with Crippen LogP contribution in [0.25, 0.3) is 16.3 Å². The minimum Gasteiger partial charge on any atom is -0.459 e. The van der Waals surface area contributed by atoms with Crippen molar-refractivity contribution in [1.82, 2.24) is 14.7 Å². The summed E-state index contributed by atoms with van der Waals surface area (Å²) in [5.74, 6) is 0.178. The molecule has 3 heterocycles. The summed E-state index contributed by atoms with van der Waals surface area (Å²) in [4.78, 5) is 16.2. The predicted molar refractivity (Wildman–Crippen MR) is 126 cm³/mol. The van der Waals surface area contributed by atoms with Crippen LogP contribution in [0.2, 0.25) is 0 Å². The highest BCUT2D eigenvalue weighted by molar-refractivity contribution is 7.13. The maximum absolute atomic E-state index is 13.3. The van der Waals surface area contributed by atoms with Crippen LogP contribution in [0.4, 0.5) is 0 Å². The number of nitrogens with zero attached hydrogens (tertiary/aromatic N) is 3. The molecule has 0 radical (unpaired) electrons. The Hall–Kier alpha value is -3.90. The fourth-order valence-corrected chi connectivity index (χ4v) is 4.37. The molecular formula is C26H21N3O2S. The number of para-hydroxylation sites is 1. The third kappa shape index (κ3) is 4.26. The minimum atomic E-state index is -0.150. The Morgan fingerprint density at radius 2 is 1.69 bits per heavy atom. The molecular weight excluding hydrogens is 418 g/mol. The molecule has 0 unspecified atom stereocenters. The van der Waals surface area contributed by atoms with Crippen LogP contribution in [0.15, 0.2) is 107 Å². The van der Waals surface area contributed by atoms with Crippen LogP contribution in [0, 0.1) is 0 Å². The van der Waals surface area contributed by atoms with E-state index in [2.05, 4.69) is 6.07 Å². The van der Waals surface area contributed by atoms with Gasteiger partial charge in [-0.05, 0) is 41.3 Å². The molecule has 2 aromatic carbocycles. The number of rotatable bonds is 7. The lowest BCUT2D eigenvalue weighted by atomic mass is 10.1. The lowest BCUT2D eigenvalue weighted by Crippen LogP contribution is -2.30. The van der Waals surface area contributed by atoms with E-state index in [1.807, 2.05) is 83.0 Å². The lowest BCUT2D eigenvalue weighted by molar-refractivity contribution is 0.0698. The zero-order valence-electron chi connectivity index (χ0n) is 17.3. The maximum Gasteiger partial charge on any atom is 0.290 e. The first-order valence-corrected chi connectivity index (χ1v) is 11.2. The summed E-state index contributed by atoms with van der Waals surface area (Å²) >= 11 is 1.64. The normalized spacial score (nSPS) is 10.9. The molecule has 0 spiro atoms. The number of thiophene rings is 1. The second-order valence-corrected chi connectivity index (χ2v) is 8.33. The Kier molecular flexibility index (Phi) is 5.68. The molecule has 0 atom stereocenters. The third-order valence-electron chi connectivity index (χ3n) is 5.16. The molecule has 1 amide bonds. The number of aromatic nitrogens is 2. The van der Waals surface area contributed by atoms with Gasteiger partial charge in [0.05, 0.1) is 23.4 Å². The van der Waals surface area contributed by atoms with E-state index in [1.165, 1.54) is 6.26 Å². The number of carbonyl (C=O) groups excluding carboxylic acids is 1. The Labute approximate surface area is 190 Å². The standard InChI is InChI=1S/C26H21N3O2S/c30-26(23-13-7-15-31-23)28(17-20-9-3-1-4-10-20)18-21-19-29(22-11-5-2-6-12-22)27-25(21)24-14-8-16-32-24/h1-16,19H,17-18H2. The van der Waals surface area contributed by atoms with Gasteiger partial charge in [0.15, 0.2) is 5.76 Å². The van der Waals surface area contributed by atoms with Crippen LogP contribution >= 0.6 is 11.3 Å². The van der Waals surface area contributed by atoms with Gasteiger partial charge in [-0.3, -0.25) is 4.79 Å². The number of hydrogen-bond acceptors (Lipinski definition) is 4. The summed E-state index contributed by atoms with van der Waals surface area (Å²) in [5, 5.41) is 6.91. The molecule has 6 heteroatoms. The molecule has 5 rings (SSSR count). The third-order valence-corrected chi connectivity index (χ3v) is 6.04. The van der Waals surface area contributed by atoms with Crippen LogP contribution in [0.5, 0.6) is 0 Å². The van der Waals surface area contributed by atoms with E-state index >= 15 is 0 Å². The summed E-state index contributed by atoms with van der Waals surface area (Å²) in [6, 6.07) is 27.5. The monoisotopic (exact) mass is 439 g/mol. The van der Waals surface area contributed by atoms with E-state index in [1.54, 1.807) is 28.4 Å². The summed E-state index contributed by atoms with van der Waals surface area (Å²) in [6.45, 7) is 0.884. The molecule has 0 N–H and O–H groups in total. The second-order valence-electron chi connectivity index (χ2n) is 7.38. The van der Waals surface area contributed by atoms with Crippen molar-refractivity contribution in [3.05, 3.63) is 120 Å². The Bertz CT molecular complexity index is 1280. The van der Waals surface area contributed by atoms with Gasteiger partial charge in [0.25, 0.3) is 5.91 Å². The molecule has 158 valence electrons. The highest BCUT2D eigenvalue weighted by atomic mass is 32.1. The SMILES string of the molecule is O=C(c1ccco1)N(Cc1ccccc1)Cc1cn(-c2ccccc2)nc1-c1cccs1. The molecule has 0 bridgehead atoms. The molecule has 0 saturated carbocycles. The van der Waals surface area contributed by atoms with Gasteiger partial charge in [0, 0.05) is 18.3 Å². The molecule has 32 heavy (non-hydrogen) atoms. The maximum atomic E-state index is 13.3. The van der Waals surface area contributed by atoms with E-state index in [4.69, 9.17) is 9.52 Å². The molecule has 0 fully saturated rings. The molecule has 3 aromatic heterocycles. The van der Waals surface area contributed by atoms with Gasteiger partial charge in [0.2, 0.25) is 0 Å². The highest BCUT2D eigenvalue weighted by Crippen LogP contribution is 2.29. The van der Waals surface area contributed by atoms with Crippen molar-refractivity contribution in [2.75, 3.05) is 0 Å². The summed E-state index contributed by atoms with van der Waals surface area (Å²) in [6.07, 6.45) is 3.54. The van der Waals surface area contributed by atoms with Crippen molar-refractivity contribution in [2.45, 2.75) is 13.1 Å². The van der Waals surface area contributed by atoms with Crippen molar-refractivity contribution < 1.29 is 9.21 Å². The number of benzene rings is 2. The Balaban J connectivity index is 1.53. The zero-order valence-corrected chi connectivity index (χ0v) is 18.1. The second kappa shape index (κ2) is 9.08. The van der Waals surface area contributed by atoms with Crippen molar-refractivity contribution in [1.29, 1.82) is 0 Å². The average Bonchev–Trinajstić information content (AvgIpc) is 3.61. The van der Waals surface area contributed by atoms with E-state index in [0.717, 1.165) is 27.4 Å². The van der Waals surface area contributed by atoms with E-state index in [0.29, 0.717) is 18.8 Å². The smallest absolute Gasteiger partial charge is 0.290 e. The molecule has 5 aromatic rings.